The van der Waals surface area contributed by atoms with Crippen molar-refractivity contribution < 1.29 is 23.7 Å². The highest BCUT2D eigenvalue weighted by atomic mass is 16.5. The van der Waals surface area contributed by atoms with Crippen LogP contribution < -0.4 is 14.2 Å². The van der Waals surface area contributed by atoms with Gasteiger partial charge in [-0.3, -0.25) is 0 Å². The van der Waals surface area contributed by atoms with Crippen LogP contribution in [-0.4, -0.2) is 33.9 Å². The van der Waals surface area contributed by atoms with Crippen molar-refractivity contribution in [2.75, 3.05) is 27.9 Å². The van der Waals surface area contributed by atoms with Crippen molar-refractivity contribution in [2.45, 2.75) is 6.92 Å². The van der Waals surface area contributed by atoms with E-state index in [0.29, 0.717) is 23.9 Å². The van der Waals surface area contributed by atoms with Gasteiger partial charge in [-0.15, -0.1) is 0 Å². The van der Waals surface area contributed by atoms with Crippen molar-refractivity contribution in [1.82, 2.24) is 0 Å². The number of methoxy groups -OCH3 is 3. The fourth-order valence-electron chi connectivity index (χ4n) is 2.34. The molecular weight excluding hydrogens is 296 g/mol. The van der Waals surface area contributed by atoms with E-state index in [0.717, 1.165) is 16.3 Å². The van der Waals surface area contributed by atoms with Crippen molar-refractivity contribution in [3.8, 4) is 17.2 Å². The van der Waals surface area contributed by atoms with Crippen LogP contribution >= 0.6 is 0 Å². The molecule has 0 N–H and O–H groups in total. The van der Waals surface area contributed by atoms with Crippen molar-refractivity contribution in [3.63, 3.8) is 0 Å². The monoisotopic (exact) mass is 316 g/mol. The van der Waals surface area contributed by atoms with Gasteiger partial charge in [0.25, 0.3) is 0 Å². The highest BCUT2D eigenvalue weighted by Crippen LogP contribution is 2.43. The van der Waals surface area contributed by atoms with Crippen LogP contribution in [0.5, 0.6) is 17.2 Å². The van der Waals surface area contributed by atoms with Gasteiger partial charge in [0.15, 0.2) is 11.5 Å². The van der Waals surface area contributed by atoms with E-state index in [1.54, 1.807) is 34.3 Å². The fourth-order valence-corrected chi connectivity index (χ4v) is 2.34. The van der Waals surface area contributed by atoms with Crippen LogP contribution in [0, 0.1) is 0 Å². The minimum Gasteiger partial charge on any atom is -0.493 e. The zero-order valence-electron chi connectivity index (χ0n) is 13.7. The SMILES string of the molecule is CCOC(=O)/C=C/c1ccc2cc(OC)c(OC)c(OC)c2c1. The molecule has 23 heavy (non-hydrogen) atoms. The third-order valence-electron chi connectivity index (χ3n) is 3.37. The second-order valence-corrected chi connectivity index (χ2v) is 4.71. The molecule has 0 aromatic heterocycles. The minimum absolute atomic E-state index is 0.353. The zero-order chi connectivity index (χ0) is 16.8. The molecule has 0 radical (unpaired) electrons. The maximum absolute atomic E-state index is 11.4. The standard InChI is InChI=1S/C18H20O5/c1-5-23-16(19)9-7-12-6-8-13-11-15(20-2)18(22-4)17(21-3)14(13)10-12/h6-11H,5H2,1-4H3/b9-7+. The summed E-state index contributed by atoms with van der Waals surface area (Å²) in [5.41, 5.74) is 0.857. The summed E-state index contributed by atoms with van der Waals surface area (Å²) >= 11 is 0. The van der Waals surface area contributed by atoms with Crippen molar-refractivity contribution >= 4 is 22.8 Å². The van der Waals surface area contributed by atoms with Crippen LogP contribution in [0.1, 0.15) is 12.5 Å². The Bertz CT molecular complexity index is 734. The normalized spacial score (nSPS) is 10.8. The van der Waals surface area contributed by atoms with Gasteiger partial charge in [0.05, 0.1) is 27.9 Å². The Labute approximate surface area is 135 Å². The Morgan fingerprint density at radius 1 is 1.04 bits per heavy atom. The summed E-state index contributed by atoms with van der Waals surface area (Å²) in [5.74, 6) is 1.36. The maximum atomic E-state index is 11.4. The number of ether oxygens (including phenoxy) is 4. The van der Waals surface area contributed by atoms with E-state index in [4.69, 9.17) is 18.9 Å². The predicted octanol–water partition coefficient (Wildman–Crippen LogP) is 3.44. The first-order valence-corrected chi connectivity index (χ1v) is 7.22. The Hall–Kier alpha value is -2.69. The number of benzene rings is 2. The zero-order valence-corrected chi connectivity index (χ0v) is 13.7. The van der Waals surface area contributed by atoms with Gasteiger partial charge in [-0.2, -0.15) is 0 Å². The van der Waals surface area contributed by atoms with Crippen LogP contribution in [0.4, 0.5) is 0 Å². The molecule has 0 fully saturated rings. The molecule has 0 aliphatic rings. The van der Waals surface area contributed by atoms with Crippen LogP contribution in [0.2, 0.25) is 0 Å². The van der Waals surface area contributed by atoms with Gasteiger partial charge in [-0.25, -0.2) is 4.79 Å². The first kappa shape index (κ1) is 16.7. The Morgan fingerprint density at radius 3 is 2.39 bits per heavy atom. The van der Waals surface area contributed by atoms with E-state index in [1.807, 2.05) is 24.3 Å². The van der Waals surface area contributed by atoms with Crippen LogP contribution in [0.15, 0.2) is 30.3 Å². The van der Waals surface area contributed by atoms with Gasteiger partial charge in [0.2, 0.25) is 5.75 Å². The second-order valence-electron chi connectivity index (χ2n) is 4.71. The summed E-state index contributed by atoms with van der Waals surface area (Å²) in [7, 11) is 4.73. The van der Waals surface area contributed by atoms with E-state index in [-0.39, 0.29) is 5.97 Å². The third kappa shape index (κ3) is 3.56. The molecule has 0 aliphatic heterocycles. The minimum atomic E-state index is -0.369. The summed E-state index contributed by atoms with van der Waals surface area (Å²) < 4.78 is 21.1. The summed E-state index contributed by atoms with van der Waals surface area (Å²) in [5, 5.41) is 1.82. The van der Waals surface area contributed by atoms with Crippen LogP contribution in [0.25, 0.3) is 16.8 Å². The molecule has 5 nitrogen and oxygen atoms in total. The number of esters is 1. The molecule has 0 saturated carbocycles. The van der Waals surface area contributed by atoms with Gasteiger partial charge >= 0.3 is 5.97 Å². The molecule has 2 aromatic rings. The van der Waals surface area contributed by atoms with E-state index in [1.165, 1.54) is 6.08 Å². The quantitative estimate of drug-likeness (QED) is 0.603. The number of rotatable bonds is 6. The number of hydrogen-bond acceptors (Lipinski definition) is 5. The lowest BCUT2D eigenvalue weighted by Gasteiger charge is -2.15. The molecule has 5 heteroatoms. The molecule has 0 atom stereocenters. The lowest BCUT2D eigenvalue weighted by Crippen LogP contribution is -1.98. The van der Waals surface area contributed by atoms with E-state index in [9.17, 15) is 4.79 Å². The molecule has 122 valence electrons. The molecule has 0 heterocycles. The molecular formula is C18H20O5. The Balaban J connectivity index is 2.51. The smallest absolute Gasteiger partial charge is 0.330 e. The topological polar surface area (TPSA) is 54.0 Å². The second kappa shape index (κ2) is 7.54. The fraction of sp³-hybridized carbons (Fsp3) is 0.278. The largest absolute Gasteiger partial charge is 0.493 e. The lowest BCUT2D eigenvalue weighted by atomic mass is 10.0. The molecule has 0 bridgehead atoms. The number of carbonyl (C=O) groups excluding carboxylic acids is 1. The molecule has 0 spiro atoms. The number of carbonyl (C=O) groups is 1. The Kier molecular flexibility index (Phi) is 5.46. The van der Waals surface area contributed by atoms with Gasteiger partial charge in [0.1, 0.15) is 0 Å². The van der Waals surface area contributed by atoms with Crippen molar-refractivity contribution in [1.29, 1.82) is 0 Å². The third-order valence-corrected chi connectivity index (χ3v) is 3.37. The lowest BCUT2D eigenvalue weighted by molar-refractivity contribution is -0.137. The summed E-state index contributed by atoms with van der Waals surface area (Å²) in [6, 6.07) is 7.65. The first-order chi connectivity index (χ1) is 11.1. The molecule has 2 rings (SSSR count). The van der Waals surface area contributed by atoms with E-state index >= 15 is 0 Å². The van der Waals surface area contributed by atoms with E-state index < -0.39 is 0 Å². The summed E-state index contributed by atoms with van der Waals surface area (Å²) in [4.78, 5) is 11.4. The molecule has 0 aliphatic carbocycles. The Morgan fingerprint density at radius 2 is 1.78 bits per heavy atom. The number of hydrogen-bond donors (Lipinski definition) is 0. The molecule has 0 unspecified atom stereocenters. The summed E-state index contributed by atoms with van der Waals surface area (Å²) in [6.45, 7) is 2.12. The van der Waals surface area contributed by atoms with Gasteiger partial charge in [-0.05, 0) is 36.1 Å². The van der Waals surface area contributed by atoms with Crippen LogP contribution in [0.3, 0.4) is 0 Å². The maximum Gasteiger partial charge on any atom is 0.330 e. The van der Waals surface area contributed by atoms with Crippen LogP contribution in [-0.2, 0) is 9.53 Å². The van der Waals surface area contributed by atoms with Gasteiger partial charge in [0, 0.05) is 11.5 Å². The van der Waals surface area contributed by atoms with Gasteiger partial charge < -0.3 is 18.9 Å². The molecule has 0 amide bonds. The highest BCUT2D eigenvalue weighted by Gasteiger charge is 2.15. The van der Waals surface area contributed by atoms with E-state index in [2.05, 4.69) is 0 Å². The average Bonchev–Trinajstić information content (AvgIpc) is 2.58. The summed E-state index contributed by atoms with van der Waals surface area (Å²) in [6.07, 6.45) is 3.10. The average molecular weight is 316 g/mol. The molecule has 0 saturated heterocycles. The van der Waals surface area contributed by atoms with Gasteiger partial charge in [-0.1, -0.05) is 12.1 Å². The van der Waals surface area contributed by atoms with Crippen molar-refractivity contribution in [2.24, 2.45) is 0 Å². The highest BCUT2D eigenvalue weighted by molar-refractivity contribution is 5.95. The van der Waals surface area contributed by atoms with Crippen molar-refractivity contribution in [3.05, 3.63) is 35.9 Å². The first-order valence-electron chi connectivity index (χ1n) is 7.22. The molecule has 2 aromatic carbocycles. The number of fused-ring (bicyclic) bond motifs is 1. The predicted molar refractivity (Wildman–Crippen MR) is 89.3 cm³/mol.